The number of hydrogen-bond donors (Lipinski definition) is 1. The van der Waals surface area contributed by atoms with Crippen molar-refractivity contribution in [3.63, 3.8) is 0 Å². The molecule has 3 heterocycles. The van der Waals surface area contributed by atoms with Crippen molar-refractivity contribution < 1.29 is 22.4 Å². The van der Waals surface area contributed by atoms with E-state index >= 15 is 0 Å². The molecule has 0 aliphatic heterocycles. The van der Waals surface area contributed by atoms with Gasteiger partial charge in [-0.05, 0) is 31.5 Å². The maximum atomic E-state index is 13.5. The number of aromatic nitrogens is 3. The van der Waals surface area contributed by atoms with E-state index in [0.717, 1.165) is 12.3 Å². The Bertz CT molecular complexity index is 1030. The highest BCUT2D eigenvalue weighted by molar-refractivity contribution is 6.00. The quantitative estimate of drug-likeness (QED) is 0.707. The zero-order chi connectivity index (χ0) is 19.8. The average Bonchev–Trinajstić information content (AvgIpc) is 3.29. The molecule has 0 bridgehead atoms. The van der Waals surface area contributed by atoms with E-state index in [1.165, 1.54) is 18.4 Å². The Labute approximate surface area is 152 Å². The molecule has 6 nitrogen and oxygen atoms in total. The Morgan fingerprint density at radius 1 is 1.44 bits per heavy atom. The second kappa shape index (κ2) is 6.46. The summed E-state index contributed by atoms with van der Waals surface area (Å²) in [7, 11) is 0. The first-order valence-electron chi connectivity index (χ1n) is 7.98. The smallest absolute Gasteiger partial charge is 0.433 e. The highest BCUT2D eigenvalue weighted by Gasteiger charge is 2.36. The lowest BCUT2D eigenvalue weighted by atomic mass is 10.00. The minimum Gasteiger partial charge on any atom is -0.463 e. The Balaban J connectivity index is 2.18. The molecule has 1 amide bonds. The lowest BCUT2D eigenvalue weighted by Gasteiger charge is -2.22. The number of nitrogens with zero attached hydrogens (tertiary/aromatic N) is 3. The summed E-state index contributed by atoms with van der Waals surface area (Å²) in [5.74, 6) is 1.94. The van der Waals surface area contributed by atoms with E-state index in [2.05, 4.69) is 21.3 Å². The number of carbonyl (C=O) groups excluding carboxylic acids is 1. The van der Waals surface area contributed by atoms with Gasteiger partial charge in [0.15, 0.2) is 17.1 Å². The van der Waals surface area contributed by atoms with Gasteiger partial charge in [0.1, 0.15) is 11.3 Å². The summed E-state index contributed by atoms with van der Waals surface area (Å²) < 4.78 is 46.2. The third kappa shape index (κ3) is 3.38. The zero-order valence-corrected chi connectivity index (χ0v) is 14.5. The minimum atomic E-state index is -4.71. The van der Waals surface area contributed by atoms with Gasteiger partial charge in [-0.25, -0.2) is 9.50 Å². The number of terminal acetylenes is 1. The van der Waals surface area contributed by atoms with Crippen molar-refractivity contribution in [1.29, 1.82) is 0 Å². The number of halogens is 3. The fourth-order valence-corrected chi connectivity index (χ4v) is 2.42. The van der Waals surface area contributed by atoms with E-state index in [-0.39, 0.29) is 22.7 Å². The first kappa shape index (κ1) is 18.5. The SMILES string of the molecule is C#C[C@@](C)(CC)NC(=O)c1cnn2c(C(F)(F)F)cc(-c3ccco3)nc12. The van der Waals surface area contributed by atoms with Crippen LogP contribution in [0.1, 0.15) is 36.3 Å². The molecule has 3 aromatic rings. The molecule has 0 saturated heterocycles. The fourth-order valence-electron chi connectivity index (χ4n) is 2.42. The number of amides is 1. The van der Waals surface area contributed by atoms with Crippen molar-refractivity contribution in [2.24, 2.45) is 0 Å². The van der Waals surface area contributed by atoms with Crippen molar-refractivity contribution in [2.45, 2.75) is 32.0 Å². The first-order valence-corrected chi connectivity index (χ1v) is 7.98. The van der Waals surface area contributed by atoms with Crippen LogP contribution in [0.2, 0.25) is 0 Å². The van der Waals surface area contributed by atoms with Gasteiger partial charge >= 0.3 is 6.18 Å². The van der Waals surface area contributed by atoms with Crippen molar-refractivity contribution in [3.8, 4) is 23.8 Å². The third-order valence-corrected chi connectivity index (χ3v) is 4.20. The van der Waals surface area contributed by atoms with Crippen molar-refractivity contribution in [2.75, 3.05) is 0 Å². The minimum absolute atomic E-state index is 0.0652. The number of nitrogens with one attached hydrogen (secondary N) is 1. The van der Waals surface area contributed by atoms with Gasteiger partial charge in [0.2, 0.25) is 0 Å². The summed E-state index contributed by atoms with van der Waals surface area (Å²) >= 11 is 0. The van der Waals surface area contributed by atoms with E-state index in [0.29, 0.717) is 10.9 Å². The molecule has 140 valence electrons. The molecule has 9 heteroatoms. The fraction of sp³-hybridized carbons (Fsp3) is 0.278. The molecule has 3 aromatic heterocycles. The molecule has 1 N–H and O–H groups in total. The van der Waals surface area contributed by atoms with Gasteiger partial charge < -0.3 is 9.73 Å². The Kier molecular flexibility index (Phi) is 4.43. The van der Waals surface area contributed by atoms with Crippen molar-refractivity contribution in [1.82, 2.24) is 19.9 Å². The average molecular weight is 376 g/mol. The van der Waals surface area contributed by atoms with Crippen LogP contribution < -0.4 is 5.32 Å². The molecular weight excluding hydrogens is 361 g/mol. The number of rotatable bonds is 4. The highest BCUT2D eigenvalue weighted by Crippen LogP contribution is 2.32. The molecular formula is C18H15F3N4O2. The predicted octanol–water partition coefficient (Wildman–Crippen LogP) is 3.54. The number of fused-ring (bicyclic) bond motifs is 1. The molecule has 0 aromatic carbocycles. The second-order valence-electron chi connectivity index (χ2n) is 6.08. The largest absolute Gasteiger partial charge is 0.463 e. The predicted molar refractivity (Wildman–Crippen MR) is 90.7 cm³/mol. The third-order valence-electron chi connectivity index (χ3n) is 4.20. The van der Waals surface area contributed by atoms with Gasteiger partial charge in [-0.15, -0.1) is 6.42 Å². The van der Waals surface area contributed by atoms with E-state index in [1.54, 1.807) is 13.8 Å². The number of alkyl halides is 3. The van der Waals surface area contributed by atoms with Crippen LogP contribution in [-0.4, -0.2) is 26.0 Å². The van der Waals surface area contributed by atoms with E-state index in [1.807, 2.05) is 0 Å². The van der Waals surface area contributed by atoms with Gasteiger partial charge in [-0.3, -0.25) is 4.79 Å². The Hall–Kier alpha value is -3.28. The summed E-state index contributed by atoms with van der Waals surface area (Å²) in [6.07, 6.45) is 3.52. The Morgan fingerprint density at radius 2 is 2.19 bits per heavy atom. The first-order chi connectivity index (χ1) is 12.7. The molecule has 27 heavy (non-hydrogen) atoms. The maximum Gasteiger partial charge on any atom is 0.433 e. The van der Waals surface area contributed by atoms with Crippen LogP contribution in [0.25, 0.3) is 17.1 Å². The molecule has 3 rings (SSSR count). The van der Waals surface area contributed by atoms with Gasteiger partial charge in [-0.1, -0.05) is 12.8 Å². The van der Waals surface area contributed by atoms with E-state index < -0.39 is 23.3 Å². The molecule has 0 spiro atoms. The Morgan fingerprint density at radius 3 is 2.74 bits per heavy atom. The summed E-state index contributed by atoms with van der Waals surface area (Å²) in [6, 6.07) is 3.82. The molecule has 0 aliphatic carbocycles. The van der Waals surface area contributed by atoms with Crippen LogP contribution in [0, 0.1) is 12.3 Å². The number of carbonyl (C=O) groups is 1. The maximum absolute atomic E-state index is 13.5. The topological polar surface area (TPSA) is 72.4 Å². The van der Waals surface area contributed by atoms with E-state index in [9.17, 15) is 18.0 Å². The van der Waals surface area contributed by atoms with Gasteiger partial charge in [-0.2, -0.15) is 18.3 Å². The van der Waals surface area contributed by atoms with Crippen molar-refractivity contribution >= 4 is 11.6 Å². The summed E-state index contributed by atoms with van der Waals surface area (Å²) in [5.41, 5.74) is -2.46. The summed E-state index contributed by atoms with van der Waals surface area (Å²) in [6.45, 7) is 3.42. The van der Waals surface area contributed by atoms with Gasteiger partial charge in [0.05, 0.1) is 18.0 Å². The number of furan rings is 1. The van der Waals surface area contributed by atoms with Crippen LogP contribution in [0.3, 0.4) is 0 Å². The normalized spacial score (nSPS) is 13.9. The van der Waals surface area contributed by atoms with Crippen LogP contribution in [0.4, 0.5) is 13.2 Å². The second-order valence-corrected chi connectivity index (χ2v) is 6.08. The summed E-state index contributed by atoms with van der Waals surface area (Å²) in [4.78, 5) is 16.8. The summed E-state index contributed by atoms with van der Waals surface area (Å²) in [5, 5.41) is 6.33. The lowest BCUT2D eigenvalue weighted by molar-refractivity contribution is -0.142. The number of hydrogen-bond acceptors (Lipinski definition) is 4. The van der Waals surface area contributed by atoms with Crippen molar-refractivity contribution in [3.05, 3.63) is 41.9 Å². The van der Waals surface area contributed by atoms with E-state index in [4.69, 9.17) is 10.8 Å². The molecule has 0 aliphatic rings. The molecule has 0 fully saturated rings. The molecule has 0 saturated carbocycles. The van der Waals surface area contributed by atoms with Gasteiger partial charge in [0.25, 0.3) is 5.91 Å². The van der Waals surface area contributed by atoms with Crippen LogP contribution >= 0.6 is 0 Å². The molecule has 0 radical (unpaired) electrons. The zero-order valence-electron chi connectivity index (χ0n) is 14.5. The molecule has 0 unspecified atom stereocenters. The van der Waals surface area contributed by atoms with Crippen LogP contribution in [0.15, 0.2) is 35.1 Å². The van der Waals surface area contributed by atoms with Crippen LogP contribution in [0.5, 0.6) is 0 Å². The monoisotopic (exact) mass is 376 g/mol. The lowest BCUT2D eigenvalue weighted by Crippen LogP contribution is -2.44. The highest BCUT2D eigenvalue weighted by atomic mass is 19.4. The van der Waals surface area contributed by atoms with Crippen LogP contribution in [-0.2, 0) is 6.18 Å². The standard InChI is InChI=1S/C18H15F3N4O2/c1-4-17(3,5-2)24-16(26)11-10-22-25-14(18(19,20)21)9-12(23-15(11)25)13-7-6-8-27-13/h1,6-10H,5H2,2-3H3,(H,24,26)/t17-/m0/s1. The van der Waals surface area contributed by atoms with Gasteiger partial charge in [0, 0.05) is 0 Å². The molecule has 1 atom stereocenters.